The van der Waals surface area contributed by atoms with Crippen LogP contribution in [0.1, 0.15) is 35.2 Å². The van der Waals surface area contributed by atoms with Gasteiger partial charge in [0.2, 0.25) is 0 Å². The maximum absolute atomic E-state index is 13.5. The highest BCUT2D eigenvalue weighted by molar-refractivity contribution is 5.39. The third kappa shape index (κ3) is 2.96. The molecule has 2 aromatic carbocycles. The van der Waals surface area contributed by atoms with Crippen LogP contribution in [0, 0.1) is 11.6 Å². The molecule has 0 saturated carbocycles. The Balaban J connectivity index is 2.01. The average Bonchev–Trinajstić information content (AvgIpc) is 2.91. The zero-order valence-corrected chi connectivity index (χ0v) is 11.8. The number of fused-ring (bicyclic) bond motifs is 1. The molecule has 0 bridgehead atoms. The molecule has 0 aromatic heterocycles. The molecular weight excluding hydrogens is 272 g/mol. The molecule has 110 valence electrons. The largest absolute Gasteiger partial charge is 0.372 e. The zero-order valence-electron chi connectivity index (χ0n) is 11.8. The first kappa shape index (κ1) is 14.2. The standard InChI is InChI=1S/C17H17F2NO/c1-2-20-17(13-6-15(18)8-16(19)7-13)11-3-4-12-9-21-10-14(12)5-11/h3-8,17,20H,2,9-10H2,1H3. The number of hydrogen-bond acceptors (Lipinski definition) is 2. The molecular formula is C17H17F2NO. The van der Waals surface area contributed by atoms with Gasteiger partial charge in [-0.2, -0.15) is 0 Å². The van der Waals surface area contributed by atoms with Crippen LogP contribution in [0.15, 0.2) is 36.4 Å². The molecule has 1 aliphatic heterocycles. The van der Waals surface area contributed by atoms with Crippen molar-refractivity contribution in [2.75, 3.05) is 6.54 Å². The summed E-state index contributed by atoms with van der Waals surface area (Å²) in [7, 11) is 0. The molecule has 1 aliphatic rings. The molecule has 0 amide bonds. The van der Waals surface area contributed by atoms with E-state index in [9.17, 15) is 8.78 Å². The van der Waals surface area contributed by atoms with Crippen LogP contribution in [-0.4, -0.2) is 6.54 Å². The second-order valence-electron chi connectivity index (χ2n) is 5.21. The molecule has 1 N–H and O–H groups in total. The minimum absolute atomic E-state index is 0.230. The van der Waals surface area contributed by atoms with Crippen LogP contribution < -0.4 is 5.32 Å². The third-order valence-corrected chi connectivity index (χ3v) is 3.71. The van der Waals surface area contributed by atoms with Crippen LogP contribution in [0.2, 0.25) is 0 Å². The SMILES string of the molecule is CCNC(c1cc(F)cc(F)c1)c1ccc2c(c1)COC2. The van der Waals surface area contributed by atoms with Gasteiger partial charge in [-0.05, 0) is 40.9 Å². The first-order valence-corrected chi connectivity index (χ1v) is 7.06. The van der Waals surface area contributed by atoms with E-state index in [1.165, 1.54) is 17.7 Å². The number of ether oxygens (including phenoxy) is 1. The van der Waals surface area contributed by atoms with Crippen molar-refractivity contribution in [3.05, 3.63) is 70.3 Å². The minimum Gasteiger partial charge on any atom is -0.372 e. The number of halogens is 2. The summed E-state index contributed by atoms with van der Waals surface area (Å²) in [4.78, 5) is 0. The van der Waals surface area contributed by atoms with Crippen molar-refractivity contribution in [2.24, 2.45) is 0 Å². The lowest BCUT2D eigenvalue weighted by Gasteiger charge is -2.20. The van der Waals surface area contributed by atoms with E-state index in [-0.39, 0.29) is 6.04 Å². The van der Waals surface area contributed by atoms with Crippen molar-refractivity contribution >= 4 is 0 Å². The predicted molar refractivity (Wildman–Crippen MR) is 76.8 cm³/mol. The molecule has 2 nitrogen and oxygen atoms in total. The van der Waals surface area contributed by atoms with E-state index in [1.807, 2.05) is 19.1 Å². The molecule has 21 heavy (non-hydrogen) atoms. The molecule has 1 unspecified atom stereocenters. The van der Waals surface area contributed by atoms with Crippen LogP contribution >= 0.6 is 0 Å². The Bertz CT molecular complexity index is 637. The van der Waals surface area contributed by atoms with Crippen LogP contribution in [0.4, 0.5) is 8.78 Å². The quantitative estimate of drug-likeness (QED) is 0.926. The van der Waals surface area contributed by atoms with E-state index in [0.717, 1.165) is 17.2 Å². The summed E-state index contributed by atoms with van der Waals surface area (Å²) in [5, 5.41) is 3.29. The smallest absolute Gasteiger partial charge is 0.126 e. The number of nitrogens with one attached hydrogen (secondary N) is 1. The molecule has 0 aliphatic carbocycles. The number of hydrogen-bond donors (Lipinski definition) is 1. The van der Waals surface area contributed by atoms with Crippen LogP contribution in [0.5, 0.6) is 0 Å². The number of rotatable bonds is 4. The molecule has 3 rings (SSSR count). The normalized spacial score (nSPS) is 15.0. The van der Waals surface area contributed by atoms with Gasteiger partial charge in [0.1, 0.15) is 11.6 Å². The first-order valence-electron chi connectivity index (χ1n) is 7.06. The number of benzene rings is 2. The fourth-order valence-corrected chi connectivity index (χ4v) is 2.75. The van der Waals surface area contributed by atoms with E-state index < -0.39 is 11.6 Å². The lowest BCUT2D eigenvalue weighted by atomic mass is 9.95. The summed E-state index contributed by atoms with van der Waals surface area (Å²) in [6.45, 7) is 3.91. The average molecular weight is 289 g/mol. The second-order valence-corrected chi connectivity index (χ2v) is 5.21. The van der Waals surface area contributed by atoms with Crippen molar-refractivity contribution in [3.63, 3.8) is 0 Å². The van der Waals surface area contributed by atoms with Gasteiger partial charge in [0, 0.05) is 6.07 Å². The Morgan fingerprint density at radius 3 is 2.43 bits per heavy atom. The van der Waals surface area contributed by atoms with Crippen molar-refractivity contribution in [3.8, 4) is 0 Å². The maximum atomic E-state index is 13.5. The Morgan fingerprint density at radius 2 is 1.71 bits per heavy atom. The molecule has 0 radical (unpaired) electrons. The van der Waals surface area contributed by atoms with E-state index >= 15 is 0 Å². The fraction of sp³-hybridized carbons (Fsp3) is 0.294. The predicted octanol–water partition coefficient (Wildman–Crippen LogP) is 3.69. The molecule has 0 saturated heterocycles. The Morgan fingerprint density at radius 1 is 1.00 bits per heavy atom. The van der Waals surface area contributed by atoms with Crippen LogP contribution in [0.3, 0.4) is 0 Å². The minimum atomic E-state index is -0.558. The van der Waals surface area contributed by atoms with E-state index in [1.54, 1.807) is 0 Å². The highest BCUT2D eigenvalue weighted by Crippen LogP contribution is 2.28. The van der Waals surface area contributed by atoms with Gasteiger partial charge < -0.3 is 10.1 Å². The van der Waals surface area contributed by atoms with Gasteiger partial charge in [0.25, 0.3) is 0 Å². The lowest BCUT2D eigenvalue weighted by molar-refractivity contribution is 0.134. The Hall–Kier alpha value is -1.78. The third-order valence-electron chi connectivity index (χ3n) is 3.71. The van der Waals surface area contributed by atoms with Crippen molar-refractivity contribution in [2.45, 2.75) is 26.2 Å². The molecule has 0 fully saturated rings. The van der Waals surface area contributed by atoms with Crippen molar-refractivity contribution < 1.29 is 13.5 Å². The van der Waals surface area contributed by atoms with Crippen LogP contribution in [0.25, 0.3) is 0 Å². The molecule has 1 heterocycles. The monoisotopic (exact) mass is 289 g/mol. The highest BCUT2D eigenvalue weighted by atomic mass is 19.1. The summed E-state index contributed by atoms with van der Waals surface area (Å²) in [5.74, 6) is -1.12. The summed E-state index contributed by atoms with van der Waals surface area (Å²) in [6.07, 6.45) is 0. The summed E-state index contributed by atoms with van der Waals surface area (Å²) < 4.78 is 32.4. The van der Waals surface area contributed by atoms with Gasteiger partial charge in [-0.1, -0.05) is 25.1 Å². The van der Waals surface area contributed by atoms with Gasteiger partial charge in [-0.15, -0.1) is 0 Å². The molecule has 0 spiro atoms. The van der Waals surface area contributed by atoms with E-state index in [0.29, 0.717) is 25.3 Å². The molecule has 2 aromatic rings. The summed E-state index contributed by atoms with van der Waals surface area (Å²) in [6, 6.07) is 9.48. The van der Waals surface area contributed by atoms with Gasteiger partial charge in [0.05, 0.1) is 19.3 Å². The Labute approximate surface area is 122 Å². The van der Waals surface area contributed by atoms with Gasteiger partial charge in [-0.25, -0.2) is 8.78 Å². The first-order chi connectivity index (χ1) is 10.2. The van der Waals surface area contributed by atoms with Crippen molar-refractivity contribution in [1.82, 2.24) is 5.32 Å². The van der Waals surface area contributed by atoms with E-state index in [2.05, 4.69) is 11.4 Å². The van der Waals surface area contributed by atoms with Crippen molar-refractivity contribution in [1.29, 1.82) is 0 Å². The second kappa shape index (κ2) is 5.92. The lowest BCUT2D eigenvalue weighted by Crippen LogP contribution is -2.22. The molecule has 4 heteroatoms. The van der Waals surface area contributed by atoms with Gasteiger partial charge in [-0.3, -0.25) is 0 Å². The van der Waals surface area contributed by atoms with Gasteiger partial charge >= 0.3 is 0 Å². The summed E-state index contributed by atoms with van der Waals surface area (Å²) >= 11 is 0. The van der Waals surface area contributed by atoms with E-state index in [4.69, 9.17) is 4.74 Å². The fourth-order valence-electron chi connectivity index (χ4n) is 2.75. The van der Waals surface area contributed by atoms with Gasteiger partial charge in [0.15, 0.2) is 0 Å². The molecule has 1 atom stereocenters. The maximum Gasteiger partial charge on any atom is 0.126 e. The van der Waals surface area contributed by atoms with Crippen LogP contribution in [-0.2, 0) is 18.0 Å². The highest BCUT2D eigenvalue weighted by Gasteiger charge is 2.18. The Kier molecular flexibility index (Phi) is 3.99. The summed E-state index contributed by atoms with van der Waals surface area (Å²) in [5.41, 5.74) is 3.91. The zero-order chi connectivity index (χ0) is 14.8. The topological polar surface area (TPSA) is 21.3 Å².